The van der Waals surface area contributed by atoms with Gasteiger partial charge in [0.15, 0.2) is 11.5 Å². The molecule has 0 radical (unpaired) electrons. The second-order valence-electron chi connectivity index (χ2n) is 5.39. The van der Waals surface area contributed by atoms with Crippen LogP contribution in [0.25, 0.3) is 11.4 Å². The Morgan fingerprint density at radius 1 is 1.20 bits per heavy atom. The summed E-state index contributed by atoms with van der Waals surface area (Å²) in [5, 5.41) is 28.2. The van der Waals surface area contributed by atoms with Gasteiger partial charge in [0, 0.05) is 23.3 Å². The number of hydrogen-bond donors (Lipinski definition) is 3. The van der Waals surface area contributed by atoms with Gasteiger partial charge in [-0.25, -0.2) is 9.88 Å². The standard InChI is InChI=1S/C16H15N5O3S/c1-24-13-5-3-2-4-12(13)15-19-20-14(17-18-16(20)25-15)10-6-8-11(9-7-10)21(22)23/h2-9,15,19,21-22H,1H3/t15-/m1/s1. The van der Waals surface area contributed by atoms with E-state index in [9.17, 15) is 5.21 Å². The number of rotatable bonds is 4. The number of nitrogens with zero attached hydrogens (tertiary/aromatic N) is 3. The van der Waals surface area contributed by atoms with Crippen molar-refractivity contribution < 1.29 is 15.2 Å². The van der Waals surface area contributed by atoms with Crippen molar-refractivity contribution in [3.8, 4) is 17.1 Å². The predicted octanol–water partition coefficient (Wildman–Crippen LogP) is 1.71. The third-order valence-electron chi connectivity index (χ3n) is 3.91. The minimum Gasteiger partial charge on any atom is -0.595 e. The van der Waals surface area contributed by atoms with E-state index in [1.807, 2.05) is 28.9 Å². The van der Waals surface area contributed by atoms with Gasteiger partial charge in [0.25, 0.3) is 0 Å². The zero-order valence-corrected chi connectivity index (χ0v) is 14.0. The molecule has 9 heteroatoms. The number of methoxy groups -OCH3 is 1. The molecule has 0 fully saturated rings. The van der Waals surface area contributed by atoms with Crippen LogP contribution < -0.4 is 15.4 Å². The molecular formula is C16H15N5O3S. The summed E-state index contributed by atoms with van der Waals surface area (Å²) in [5.41, 5.74) is 5.41. The molecule has 0 spiro atoms. The third kappa shape index (κ3) is 2.83. The lowest BCUT2D eigenvalue weighted by molar-refractivity contribution is -0.991. The van der Waals surface area contributed by atoms with E-state index in [1.54, 1.807) is 43.1 Å². The monoisotopic (exact) mass is 357 g/mol. The summed E-state index contributed by atoms with van der Waals surface area (Å²) in [6.45, 7) is 0. The minimum absolute atomic E-state index is 0.0429. The van der Waals surface area contributed by atoms with Crippen LogP contribution in [-0.4, -0.2) is 27.2 Å². The Bertz CT molecular complexity index is 897. The molecule has 2 heterocycles. The van der Waals surface area contributed by atoms with E-state index in [0.29, 0.717) is 5.82 Å². The van der Waals surface area contributed by atoms with Crippen molar-refractivity contribution in [2.24, 2.45) is 0 Å². The molecule has 8 nitrogen and oxygen atoms in total. The van der Waals surface area contributed by atoms with Gasteiger partial charge in [0.1, 0.15) is 11.1 Å². The van der Waals surface area contributed by atoms with Crippen LogP contribution in [0.2, 0.25) is 0 Å². The summed E-state index contributed by atoms with van der Waals surface area (Å²) < 4.78 is 7.25. The highest BCUT2D eigenvalue weighted by Gasteiger charge is 2.29. The van der Waals surface area contributed by atoms with Crippen molar-refractivity contribution in [2.75, 3.05) is 12.5 Å². The van der Waals surface area contributed by atoms with Gasteiger partial charge in [0.2, 0.25) is 5.16 Å². The molecule has 1 unspecified atom stereocenters. The number of thioether (sulfide) groups is 1. The molecule has 3 aromatic rings. The van der Waals surface area contributed by atoms with Crippen LogP contribution in [0.5, 0.6) is 5.75 Å². The van der Waals surface area contributed by atoms with E-state index in [0.717, 1.165) is 22.0 Å². The van der Waals surface area contributed by atoms with Crippen molar-refractivity contribution in [3.63, 3.8) is 0 Å². The molecular weight excluding hydrogens is 342 g/mol. The molecule has 128 valence electrons. The van der Waals surface area contributed by atoms with Crippen LogP contribution in [0.3, 0.4) is 0 Å². The molecule has 2 aromatic carbocycles. The fourth-order valence-electron chi connectivity index (χ4n) is 2.68. The smallest absolute Gasteiger partial charge is 0.212 e. The molecule has 4 rings (SSSR count). The average molecular weight is 357 g/mol. The molecule has 0 bridgehead atoms. The van der Waals surface area contributed by atoms with Crippen molar-refractivity contribution in [3.05, 3.63) is 59.3 Å². The number of para-hydroxylation sites is 1. The van der Waals surface area contributed by atoms with Gasteiger partial charge in [-0.1, -0.05) is 30.0 Å². The van der Waals surface area contributed by atoms with Gasteiger partial charge in [-0.2, -0.15) is 5.23 Å². The maximum atomic E-state index is 11.0. The van der Waals surface area contributed by atoms with Gasteiger partial charge >= 0.3 is 0 Å². The van der Waals surface area contributed by atoms with E-state index < -0.39 is 5.23 Å². The second kappa shape index (κ2) is 6.37. The first-order valence-electron chi connectivity index (χ1n) is 7.52. The van der Waals surface area contributed by atoms with Crippen molar-refractivity contribution in [2.45, 2.75) is 10.5 Å². The van der Waals surface area contributed by atoms with Gasteiger partial charge in [-0.3, -0.25) is 0 Å². The molecule has 25 heavy (non-hydrogen) atoms. The number of aromatic nitrogens is 3. The summed E-state index contributed by atoms with van der Waals surface area (Å²) in [7, 11) is 1.65. The van der Waals surface area contributed by atoms with E-state index in [2.05, 4.69) is 15.6 Å². The van der Waals surface area contributed by atoms with Gasteiger partial charge in [-0.15, -0.1) is 10.2 Å². The lowest BCUT2D eigenvalue weighted by Gasteiger charge is -2.15. The Hall–Kier alpha value is -2.59. The molecule has 1 aliphatic rings. The highest BCUT2D eigenvalue weighted by molar-refractivity contribution is 7.99. The van der Waals surface area contributed by atoms with Crippen LogP contribution in [0.1, 0.15) is 10.9 Å². The fraction of sp³-hybridized carbons (Fsp3) is 0.125. The lowest BCUT2D eigenvalue weighted by Crippen LogP contribution is -2.99. The Labute approximate surface area is 147 Å². The topological polar surface area (TPSA) is 99.7 Å². The summed E-state index contributed by atoms with van der Waals surface area (Å²) in [4.78, 5) is 0. The summed E-state index contributed by atoms with van der Waals surface area (Å²) in [5.74, 6) is 1.44. The number of hydrogen-bond acceptors (Lipinski definition) is 7. The molecule has 0 saturated carbocycles. The van der Waals surface area contributed by atoms with Gasteiger partial charge < -0.3 is 15.4 Å². The van der Waals surface area contributed by atoms with E-state index in [4.69, 9.17) is 9.94 Å². The Morgan fingerprint density at radius 2 is 1.96 bits per heavy atom. The molecule has 0 amide bonds. The Balaban J connectivity index is 1.63. The third-order valence-corrected chi connectivity index (χ3v) is 4.98. The molecule has 1 aromatic heterocycles. The van der Waals surface area contributed by atoms with Crippen LogP contribution in [0.15, 0.2) is 53.7 Å². The Morgan fingerprint density at radius 3 is 2.68 bits per heavy atom. The summed E-state index contributed by atoms with van der Waals surface area (Å²) in [6, 6.07) is 14.4. The minimum atomic E-state index is -0.956. The number of nitrogens with one attached hydrogen (secondary N) is 2. The molecule has 0 saturated heterocycles. The summed E-state index contributed by atoms with van der Waals surface area (Å²) in [6.07, 6.45) is 0. The second-order valence-corrected chi connectivity index (χ2v) is 6.47. The highest BCUT2D eigenvalue weighted by atomic mass is 32.2. The lowest BCUT2D eigenvalue weighted by atomic mass is 10.2. The van der Waals surface area contributed by atoms with E-state index in [-0.39, 0.29) is 11.1 Å². The van der Waals surface area contributed by atoms with Crippen molar-refractivity contribution in [1.82, 2.24) is 14.9 Å². The highest BCUT2D eigenvalue weighted by Crippen LogP contribution is 2.42. The molecule has 1 aliphatic heterocycles. The Kier molecular flexibility index (Phi) is 4.06. The van der Waals surface area contributed by atoms with Crippen LogP contribution in [-0.2, 0) is 0 Å². The first kappa shape index (κ1) is 15.9. The number of fused-ring (bicyclic) bond motifs is 1. The van der Waals surface area contributed by atoms with E-state index in [1.165, 1.54) is 0 Å². The largest absolute Gasteiger partial charge is 0.595 e. The molecule has 2 atom stereocenters. The van der Waals surface area contributed by atoms with Crippen LogP contribution in [0, 0.1) is 5.21 Å². The normalized spacial score (nSPS) is 17.0. The zero-order chi connectivity index (χ0) is 17.4. The van der Waals surface area contributed by atoms with Gasteiger partial charge in [0.05, 0.1) is 7.11 Å². The van der Waals surface area contributed by atoms with Crippen molar-refractivity contribution in [1.29, 1.82) is 0 Å². The number of quaternary nitrogens is 1. The van der Waals surface area contributed by atoms with Crippen LogP contribution in [0.4, 0.5) is 5.69 Å². The predicted molar refractivity (Wildman–Crippen MR) is 92.2 cm³/mol. The summed E-state index contributed by atoms with van der Waals surface area (Å²) >= 11 is 1.55. The maximum absolute atomic E-state index is 11.0. The van der Waals surface area contributed by atoms with Crippen LogP contribution >= 0.6 is 11.8 Å². The zero-order valence-electron chi connectivity index (χ0n) is 13.2. The van der Waals surface area contributed by atoms with Gasteiger partial charge in [-0.05, 0) is 18.2 Å². The van der Waals surface area contributed by atoms with E-state index >= 15 is 0 Å². The fourth-order valence-corrected chi connectivity index (χ4v) is 3.70. The molecule has 3 N–H and O–H groups in total. The first-order valence-corrected chi connectivity index (χ1v) is 8.40. The van der Waals surface area contributed by atoms with Crippen molar-refractivity contribution >= 4 is 17.4 Å². The maximum Gasteiger partial charge on any atom is 0.212 e. The first-order chi connectivity index (χ1) is 12.2. The SMILES string of the molecule is COc1ccccc1[C@@H]1Nn2c(nnc2-c2ccc([NH+]([O-])O)cc2)S1. The quantitative estimate of drug-likeness (QED) is 0.611. The number of ether oxygens (including phenoxy) is 1. The average Bonchev–Trinajstić information content (AvgIpc) is 3.22. The molecule has 0 aliphatic carbocycles. The number of benzene rings is 2.